The summed E-state index contributed by atoms with van der Waals surface area (Å²) in [5, 5.41) is 0. The molecule has 0 aromatic carbocycles. The highest BCUT2D eigenvalue weighted by molar-refractivity contribution is 7.86. The van der Waals surface area contributed by atoms with Gasteiger partial charge in [0.1, 0.15) is 24.4 Å². The summed E-state index contributed by atoms with van der Waals surface area (Å²) >= 11 is 0. The molecule has 0 radical (unpaired) electrons. The van der Waals surface area contributed by atoms with Crippen LogP contribution in [0.15, 0.2) is 34.8 Å². The van der Waals surface area contributed by atoms with Crippen LogP contribution in [-0.2, 0) is 23.8 Å². The lowest BCUT2D eigenvalue weighted by Gasteiger charge is -2.27. The molecule has 0 saturated heterocycles. The van der Waals surface area contributed by atoms with Crippen molar-refractivity contribution in [1.29, 1.82) is 0 Å². The molecular weight excluding hydrogens is 468 g/mol. The maximum atomic E-state index is 12.0. The van der Waals surface area contributed by atoms with Gasteiger partial charge in [-0.15, -0.1) is 5.92 Å². The number of aryl methyl sites for hydroxylation is 1. The van der Waals surface area contributed by atoms with Crippen molar-refractivity contribution < 1.29 is 26.5 Å². The number of rotatable bonds is 10. The number of hydrogen-bond acceptors (Lipinski definition) is 6. The van der Waals surface area contributed by atoms with Crippen LogP contribution in [0.2, 0.25) is 25.7 Å². The van der Waals surface area contributed by atoms with E-state index in [0.717, 1.165) is 23.4 Å². The lowest BCUT2D eigenvalue weighted by molar-refractivity contribution is -0.109. The fourth-order valence-corrected chi connectivity index (χ4v) is 5.24. The van der Waals surface area contributed by atoms with Crippen LogP contribution in [0.5, 0.6) is 0 Å². The van der Waals surface area contributed by atoms with Gasteiger partial charge in [0.2, 0.25) is 0 Å². The second-order valence-corrected chi connectivity index (χ2v) is 17.7. The van der Waals surface area contributed by atoms with Crippen LogP contribution >= 0.6 is 0 Å². The summed E-state index contributed by atoms with van der Waals surface area (Å²) in [6.07, 6.45) is 0.929. The van der Waals surface area contributed by atoms with E-state index in [1.807, 2.05) is 26.8 Å². The molecule has 0 spiro atoms. The largest absolute Gasteiger partial charge is 0.462 e. The van der Waals surface area contributed by atoms with E-state index >= 15 is 0 Å². The highest BCUT2D eigenvalue weighted by atomic mass is 32.2. The van der Waals surface area contributed by atoms with Crippen molar-refractivity contribution in [3.8, 4) is 11.8 Å². The summed E-state index contributed by atoms with van der Waals surface area (Å²) in [6.45, 7) is 21.8. The molecule has 1 aliphatic rings. The van der Waals surface area contributed by atoms with Crippen LogP contribution in [-0.4, -0.2) is 42.3 Å². The molecule has 2 rings (SSSR count). The SMILES string of the molecule is C=C(C)[C@@H]1CCC#C[C@@H](OS(C)(=O)=O)[C@@H](C(=C)C)c2cc(C)c(o2)[C@H]1OCOCC[Si](C)(C)C. The van der Waals surface area contributed by atoms with Crippen LogP contribution in [0.3, 0.4) is 0 Å². The molecule has 0 N–H and O–H groups in total. The molecule has 190 valence electrons. The molecule has 0 fully saturated rings. The van der Waals surface area contributed by atoms with Gasteiger partial charge in [0, 0.05) is 27.0 Å². The summed E-state index contributed by atoms with van der Waals surface area (Å²) in [5.74, 6) is 6.78. The van der Waals surface area contributed by atoms with Gasteiger partial charge in [-0.25, -0.2) is 0 Å². The van der Waals surface area contributed by atoms with Crippen LogP contribution in [0, 0.1) is 24.7 Å². The quantitative estimate of drug-likeness (QED) is 0.0970. The Bertz CT molecular complexity index is 1040. The van der Waals surface area contributed by atoms with Gasteiger partial charge in [0.15, 0.2) is 6.10 Å². The predicted octanol–water partition coefficient (Wildman–Crippen LogP) is 5.95. The maximum absolute atomic E-state index is 12.0. The molecule has 1 aromatic heterocycles. The first-order valence-electron chi connectivity index (χ1n) is 11.7. The van der Waals surface area contributed by atoms with Crippen molar-refractivity contribution in [2.45, 2.75) is 77.4 Å². The minimum Gasteiger partial charge on any atom is -0.462 e. The van der Waals surface area contributed by atoms with Gasteiger partial charge in [-0.2, -0.15) is 8.42 Å². The third kappa shape index (κ3) is 8.54. The Balaban J connectivity index is 2.43. The molecular formula is C26H40O6SSi. The number of fused-ring (bicyclic) bond motifs is 2. The maximum Gasteiger partial charge on any atom is 0.265 e. The van der Waals surface area contributed by atoms with Gasteiger partial charge in [-0.1, -0.05) is 49.9 Å². The molecule has 4 atom stereocenters. The van der Waals surface area contributed by atoms with E-state index in [-0.39, 0.29) is 12.7 Å². The van der Waals surface area contributed by atoms with Crippen molar-refractivity contribution in [2.75, 3.05) is 19.7 Å². The smallest absolute Gasteiger partial charge is 0.265 e. The zero-order valence-corrected chi connectivity index (χ0v) is 23.5. The zero-order valence-electron chi connectivity index (χ0n) is 21.7. The van der Waals surface area contributed by atoms with Gasteiger partial charge in [0.25, 0.3) is 10.1 Å². The first kappa shape index (κ1) is 28.6. The average molecular weight is 509 g/mol. The predicted molar refractivity (Wildman–Crippen MR) is 139 cm³/mol. The molecule has 8 heteroatoms. The average Bonchev–Trinajstić information content (AvgIpc) is 3.01. The second-order valence-electron chi connectivity index (χ2n) is 10.5. The molecule has 0 aliphatic carbocycles. The summed E-state index contributed by atoms with van der Waals surface area (Å²) in [5.41, 5.74) is 2.57. The molecule has 2 heterocycles. The summed E-state index contributed by atoms with van der Waals surface area (Å²) < 4.78 is 47.7. The van der Waals surface area contributed by atoms with Gasteiger partial charge in [-0.3, -0.25) is 4.18 Å². The summed E-state index contributed by atoms with van der Waals surface area (Å²) in [4.78, 5) is 0. The third-order valence-corrected chi connectivity index (χ3v) is 8.06. The zero-order chi connectivity index (χ0) is 25.7. The highest BCUT2D eigenvalue weighted by Crippen LogP contribution is 2.40. The van der Waals surface area contributed by atoms with Crippen molar-refractivity contribution in [1.82, 2.24) is 0 Å². The normalized spacial score (nSPS) is 23.5. The van der Waals surface area contributed by atoms with E-state index in [2.05, 4.69) is 44.6 Å². The molecule has 0 unspecified atom stereocenters. The van der Waals surface area contributed by atoms with E-state index in [9.17, 15) is 8.42 Å². The van der Waals surface area contributed by atoms with Crippen LogP contribution in [0.25, 0.3) is 0 Å². The van der Waals surface area contributed by atoms with E-state index < -0.39 is 36.3 Å². The van der Waals surface area contributed by atoms with E-state index in [0.29, 0.717) is 36.5 Å². The molecule has 2 bridgehead atoms. The van der Waals surface area contributed by atoms with Gasteiger partial charge < -0.3 is 13.9 Å². The summed E-state index contributed by atoms with van der Waals surface area (Å²) in [7, 11) is -4.93. The summed E-state index contributed by atoms with van der Waals surface area (Å²) in [6, 6.07) is 2.96. The fourth-order valence-electron chi connectivity index (χ4n) is 3.95. The first-order chi connectivity index (χ1) is 15.7. The monoisotopic (exact) mass is 508 g/mol. The third-order valence-electron chi connectivity index (χ3n) is 5.80. The molecule has 0 saturated carbocycles. The fraction of sp³-hybridized carbons (Fsp3) is 0.615. The van der Waals surface area contributed by atoms with Crippen LogP contribution < -0.4 is 0 Å². The van der Waals surface area contributed by atoms with Crippen LogP contribution in [0.4, 0.5) is 0 Å². The molecule has 0 amide bonds. The van der Waals surface area contributed by atoms with Crippen LogP contribution in [0.1, 0.15) is 55.8 Å². The second kappa shape index (κ2) is 11.9. The number of hydrogen-bond donors (Lipinski definition) is 0. The Kier molecular flexibility index (Phi) is 9.98. The van der Waals surface area contributed by atoms with E-state index in [1.54, 1.807) is 0 Å². The number of furan rings is 1. The molecule has 1 aromatic rings. The van der Waals surface area contributed by atoms with Crippen molar-refractivity contribution >= 4 is 18.2 Å². The molecule has 34 heavy (non-hydrogen) atoms. The Morgan fingerprint density at radius 1 is 1.24 bits per heavy atom. The van der Waals surface area contributed by atoms with Gasteiger partial charge in [-0.05, 0) is 44.9 Å². The van der Waals surface area contributed by atoms with Crippen molar-refractivity contribution in [3.05, 3.63) is 47.5 Å². The van der Waals surface area contributed by atoms with Gasteiger partial charge >= 0.3 is 0 Å². The molecule has 1 aliphatic heterocycles. The van der Waals surface area contributed by atoms with Gasteiger partial charge in [0.05, 0.1) is 12.2 Å². The van der Waals surface area contributed by atoms with Crippen molar-refractivity contribution in [2.24, 2.45) is 5.92 Å². The Hall–Kier alpha value is -1.63. The Morgan fingerprint density at radius 2 is 1.91 bits per heavy atom. The Morgan fingerprint density at radius 3 is 2.47 bits per heavy atom. The molecule has 6 nitrogen and oxygen atoms in total. The van der Waals surface area contributed by atoms with E-state index in [1.165, 1.54) is 0 Å². The minimum absolute atomic E-state index is 0.0387. The lowest BCUT2D eigenvalue weighted by atomic mass is 9.87. The topological polar surface area (TPSA) is 75.0 Å². The standard InChI is InChI=1S/C26H40O6SSi/c1-18(2)21-12-10-11-13-22(32-33(6,27)28)24(19(3)4)23-16-20(5)25(31-23)26(21)30-17-29-14-15-34(7,8)9/h16,21-22,24,26H,1,3,10,12,14-15,17H2,2,4-9H3/t21-,22+,24+,26-/m0/s1. The van der Waals surface area contributed by atoms with E-state index in [4.69, 9.17) is 18.1 Å². The number of ether oxygens (including phenoxy) is 2. The lowest BCUT2D eigenvalue weighted by Crippen LogP contribution is -2.24. The first-order valence-corrected chi connectivity index (χ1v) is 17.2. The van der Waals surface area contributed by atoms with Crippen molar-refractivity contribution in [3.63, 3.8) is 0 Å². The Labute approximate surface area is 206 Å². The highest BCUT2D eigenvalue weighted by Gasteiger charge is 2.34. The minimum atomic E-state index is -3.74.